The van der Waals surface area contributed by atoms with Gasteiger partial charge < -0.3 is 10.4 Å². The molecule has 0 aliphatic carbocycles. The summed E-state index contributed by atoms with van der Waals surface area (Å²) in [5.41, 5.74) is 0.484. The van der Waals surface area contributed by atoms with Gasteiger partial charge in [-0.1, -0.05) is 37.3 Å². The van der Waals surface area contributed by atoms with E-state index in [0.29, 0.717) is 18.9 Å². The zero-order valence-corrected chi connectivity index (χ0v) is 11.4. The molecule has 1 amide bonds. The highest BCUT2D eigenvalue weighted by molar-refractivity contribution is 5.87. The monoisotopic (exact) mass is 249 g/mol. The number of aliphatic hydroxyl groups excluding tert-OH is 1. The van der Waals surface area contributed by atoms with Gasteiger partial charge in [0.25, 0.3) is 0 Å². The highest BCUT2D eigenvalue weighted by Crippen LogP contribution is 2.22. The van der Waals surface area contributed by atoms with Crippen LogP contribution in [0.25, 0.3) is 0 Å². The molecule has 18 heavy (non-hydrogen) atoms. The molecule has 0 heterocycles. The molecular weight excluding hydrogens is 226 g/mol. The molecule has 1 aromatic rings. The molecule has 0 aliphatic rings. The lowest BCUT2D eigenvalue weighted by Crippen LogP contribution is -2.41. The van der Waals surface area contributed by atoms with E-state index in [9.17, 15) is 4.79 Å². The summed E-state index contributed by atoms with van der Waals surface area (Å²) in [5.74, 6) is 0.323. The summed E-state index contributed by atoms with van der Waals surface area (Å²) in [6.45, 7) is 6.64. The van der Waals surface area contributed by atoms with Crippen LogP contribution >= 0.6 is 0 Å². The predicted octanol–water partition coefficient (Wildman–Crippen LogP) is 2.10. The molecule has 0 bridgehead atoms. The summed E-state index contributed by atoms with van der Waals surface area (Å²) < 4.78 is 0. The molecule has 3 heteroatoms. The Morgan fingerprint density at radius 1 is 1.33 bits per heavy atom. The van der Waals surface area contributed by atoms with Gasteiger partial charge in [0.2, 0.25) is 5.91 Å². The van der Waals surface area contributed by atoms with Crippen LogP contribution in [0.3, 0.4) is 0 Å². The lowest BCUT2D eigenvalue weighted by molar-refractivity contribution is -0.125. The molecule has 2 N–H and O–H groups in total. The molecule has 1 rings (SSSR count). The quantitative estimate of drug-likeness (QED) is 0.811. The highest BCUT2D eigenvalue weighted by atomic mass is 16.3. The normalized spacial score (nSPS) is 13.1. The number of carbonyl (C=O) groups excluding carboxylic acids is 1. The van der Waals surface area contributed by atoms with E-state index >= 15 is 0 Å². The minimum absolute atomic E-state index is 0.0264. The lowest BCUT2D eigenvalue weighted by Gasteiger charge is -2.25. The molecular formula is C15H23NO2. The van der Waals surface area contributed by atoms with Gasteiger partial charge in [-0.25, -0.2) is 0 Å². The smallest absolute Gasteiger partial charge is 0.230 e. The van der Waals surface area contributed by atoms with Gasteiger partial charge in [0, 0.05) is 13.2 Å². The van der Waals surface area contributed by atoms with E-state index in [1.165, 1.54) is 0 Å². The summed E-state index contributed by atoms with van der Waals surface area (Å²) in [4.78, 5) is 12.2. The average molecular weight is 249 g/mol. The van der Waals surface area contributed by atoms with E-state index in [1.54, 1.807) is 0 Å². The molecule has 0 aromatic heterocycles. The second-order valence-electron chi connectivity index (χ2n) is 5.32. The summed E-state index contributed by atoms with van der Waals surface area (Å²) >= 11 is 0. The van der Waals surface area contributed by atoms with Gasteiger partial charge in [-0.15, -0.1) is 0 Å². The first kappa shape index (κ1) is 14.7. The Balaban J connectivity index is 2.60. The van der Waals surface area contributed by atoms with E-state index in [1.807, 2.05) is 51.1 Å². The van der Waals surface area contributed by atoms with Crippen molar-refractivity contribution in [1.82, 2.24) is 5.32 Å². The number of amides is 1. The second-order valence-corrected chi connectivity index (χ2v) is 5.32. The largest absolute Gasteiger partial charge is 0.396 e. The van der Waals surface area contributed by atoms with E-state index in [-0.39, 0.29) is 12.5 Å². The van der Waals surface area contributed by atoms with Gasteiger partial charge in [0.1, 0.15) is 0 Å². The van der Waals surface area contributed by atoms with Crippen LogP contribution in [0.15, 0.2) is 30.3 Å². The second kappa shape index (κ2) is 6.55. The molecule has 0 aliphatic heterocycles. The Labute approximate surface area is 109 Å². The third-order valence-corrected chi connectivity index (χ3v) is 3.30. The van der Waals surface area contributed by atoms with Crippen LogP contribution in [0.5, 0.6) is 0 Å². The molecule has 100 valence electrons. The molecule has 0 fully saturated rings. The number of hydrogen-bond acceptors (Lipinski definition) is 2. The summed E-state index contributed by atoms with van der Waals surface area (Å²) in [7, 11) is 0. The minimum atomic E-state index is -0.528. The Hall–Kier alpha value is -1.35. The maximum absolute atomic E-state index is 12.2. The zero-order valence-electron chi connectivity index (χ0n) is 11.4. The third kappa shape index (κ3) is 3.84. The Morgan fingerprint density at radius 2 is 1.94 bits per heavy atom. The number of nitrogens with one attached hydrogen (secondary N) is 1. The van der Waals surface area contributed by atoms with Crippen LogP contribution < -0.4 is 5.32 Å². The molecule has 0 saturated heterocycles. The van der Waals surface area contributed by atoms with Crippen LogP contribution in [-0.2, 0) is 10.2 Å². The van der Waals surface area contributed by atoms with Crippen molar-refractivity contribution >= 4 is 5.91 Å². The van der Waals surface area contributed by atoms with E-state index in [0.717, 1.165) is 5.56 Å². The minimum Gasteiger partial charge on any atom is -0.396 e. The molecule has 1 atom stereocenters. The van der Waals surface area contributed by atoms with Gasteiger partial charge in [-0.05, 0) is 31.7 Å². The van der Waals surface area contributed by atoms with E-state index in [2.05, 4.69) is 5.32 Å². The van der Waals surface area contributed by atoms with E-state index < -0.39 is 5.41 Å². The van der Waals surface area contributed by atoms with Crippen LogP contribution in [0.4, 0.5) is 0 Å². The Morgan fingerprint density at radius 3 is 2.50 bits per heavy atom. The van der Waals surface area contributed by atoms with Gasteiger partial charge in [0.15, 0.2) is 0 Å². The van der Waals surface area contributed by atoms with Crippen molar-refractivity contribution in [3.8, 4) is 0 Å². The van der Waals surface area contributed by atoms with Gasteiger partial charge in [-0.3, -0.25) is 4.79 Å². The Kier molecular flexibility index (Phi) is 5.35. The first-order valence-electron chi connectivity index (χ1n) is 6.43. The maximum atomic E-state index is 12.2. The average Bonchev–Trinajstić information content (AvgIpc) is 2.37. The summed E-state index contributed by atoms with van der Waals surface area (Å²) in [6.07, 6.45) is 0.714. The third-order valence-electron chi connectivity index (χ3n) is 3.30. The fraction of sp³-hybridized carbons (Fsp3) is 0.533. The van der Waals surface area contributed by atoms with Crippen molar-refractivity contribution in [2.24, 2.45) is 5.92 Å². The molecule has 3 nitrogen and oxygen atoms in total. The molecule has 1 aromatic carbocycles. The maximum Gasteiger partial charge on any atom is 0.230 e. The summed E-state index contributed by atoms with van der Waals surface area (Å²) in [5, 5.41) is 11.8. The number of aliphatic hydroxyl groups is 1. The van der Waals surface area contributed by atoms with Crippen molar-refractivity contribution in [1.29, 1.82) is 0 Å². The molecule has 0 saturated carbocycles. The Bertz CT molecular complexity index is 373. The predicted molar refractivity (Wildman–Crippen MR) is 73.3 cm³/mol. The first-order valence-corrected chi connectivity index (χ1v) is 6.43. The van der Waals surface area contributed by atoms with Crippen LogP contribution in [0, 0.1) is 5.92 Å². The fourth-order valence-electron chi connectivity index (χ4n) is 1.80. The number of carbonyl (C=O) groups is 1. The zero-order chi connectivity index (χ0) is 13.6. The van der Waals surface area contributed by atoms with Crippen LogP contribution in [0.1, 0.15) is 32.8 Å². The van der Waals surface area contributed by atoms with Gasteiger partial charge in [0.05, 0.1) is 5.41 Å². The molecule has 1 unspecified atom stereocenters. The standard InChI is InChI=1S/C15H23NO2/c1-12(9-10-17)11-16-14(18)15(2,3)13-7-5-4-6-8-13/h4-8,12,17H,9-11H2,1-3H3,(H,16,18). The number of hydrogen-bond donors (Lipinski definition) is 2. The lowest BCUT2D eigenvalue weighted by atomic mass is 9.83. The molecule has 0 radical (unpaired) electrons. The SMILES string of the molecule is CC(CCO)CNC(=O)C(C)(C)c1ccccc1. The number of benzene rings is 1. The van der Waals surface area contributed by atoms with Crippen molar-refractivity contribution < 1.29 is 9.90 Å². The highest BCUT2D eigenvalue weighted by Gasteiger charge is 2.29. The van der Waals surface area contributed by atoms with Gasteiger partial charge in [-0.2, -0.15) is 0 Å². The number of rotatable bonds is 6. The molecule has 0 spiro atoms. The van der Waals surface area contributed by atoms with Crippen molar-refractivity contribution in [3.63, 3.8) is 0 Å². The van der Waals surface area contributed by atoms with Crippen molar-refractivity contribution in [2.75, 3.05) is 13.2 Å². The van der Waals surface area contributed by atoms with Gasteiger partial charge >= 0.3 is 0 Å². The van der Waals surface area contributed by atoms with Crippen molar-refractivity contribution in [3.05, 3.63) is 35.9 Å². The van der Waals surface area contributed by atoms with Crippen LogP contribution in [0.2, 0.25) is 0 Å². The van der Waals surface area contributed by atoms with Crippen molar-refractivity contribution in [2.45, 2.75) is 32.6 Å². The van der Waals surface area contributed by atoms with E-state index in [4.69, 9.17) is 5.11 Å². The van der Waals surface area contributed by atoms with Crippen LogP contribution in [-0.4, -0.2) is 24.2 Å². The topological polar surface area (TPSA) is 49.3 Å². The fourth-order valence-corrected chi connectivity index (χ4v) is 1.80. The summed E-state index contributed by atoms with van der Waals surface area (Å²) in [6, 6.07) is 9.77. The first-order chi connectivity index (χ1) is 8.48.